The molecule has 3 rings (SSSR count). The summed E-state index contributed by atoms with van der Waals surface area (Å²) < 4.78 is 5.46. The number of morpholine rings is 1. The van der Waals surface area contributed by atoms with Crippen molar-refractivity contribution in [1.82, 2.24) is 15.1 Å². The lowest BCUT2D eigenvalue weighted by molar-refractivity contribution is -0.131. The van der Waals surface area contributed by atoms with E-state index in [2.05, 4.69) is 29.0 Å². The lowest BCUT2D eigenvalue weighted by Crippen LogP contribution is -2.47. The highest BCUT2D eigenvalue weighted by Gasteiger charge is 2.37. The van der Waals surface area contributed by atoms with Crippen LogP contribution in [0.5, 0.6) is 0 Å². The Morgan fingerprint density at radius 3 is 2.60 bits per heavy atom. The second-order valence-corrected chi connectivity index (χ2v) is 7.78. The Bertz CT molecular complexity index is 402. The molecule has 3 saturated heterocycles. The number of hydrogen-bond acceptors (Lipinski definition) is 4. The van der Waals surface area contributed by atoms with Crippen LogP contribution in [0.25, 0.3) is 0 Å². The van der Waals surface area contributed by atoms with Crippen molar-refractivity contribution in [2.45, 2.75) is 39.2 Å². The second-order valence-electron chi connectivity index (χ2n) is 7.78. The molecule has 4 atom stereocenters. The Hall–Kier alpha value is -0.0700. The summed E-state index contributed by atoms with van der Waals surface area (Å²) in [7, 11) is 0. The summed E-state index contributed by atoms with van der Waals surface area (Å²) in [6, 6.07) is 0.523. The quantitative estimate of drug-likeness (QED) is 0.790. The standard InChI is InChI=1S/C18H33N3O2.2ClH/c1-14(16-4-3-5-19-11-16)10-18(22)21-12-15(2)17(13-21)20-6-8-23-9-7-20;;/h14-17,19H,3-13H2,1-2H3;2*1H. The van der Waals surface area contributed by atoms with Crippen molar-refractivity contribution in [1.29, 1.82) is 0 Å². The van der Waals surface area contributed by atoms with Crippen molar-refractivity contribution >= 4 is 30.7 Å². The third-order valence-electron chi connectivity index (χ3n) is 6.08. The van der Waals surface area contributed by atoms with Gasteiger partial charge in [0.05, 0.1) is 13.2 Å². The van der Waals surface area contributed by atoms with Crippen LogP contribution in [0.4, 0.5) is 0 Å². The van der Waals surface area contributed by atoms with Crippen molar-refractivity contribution in [2.24, 2.45) is 17.8 Å². The molecule has 0 spiro atoms. The van der Waals surface area contributed by atoms with E-state index < -0.39 is 0 Å². The Balaban J connectivity index is 0.00000156. The van der Waals surface area contributed by atoms with Gasteiger partial charge in [-0.15, -0.1) is 24.8 Å². The molecular formula is C18H35Cl2N3O2. The number of hydrogen-bond donors (Lipinski definition) is 1. The van der Waals surface area contributed by atoms with Crippen LogP contribution in [-0.2, 0) is 9.53 Å². The predicted octanol–water partition coefficient (Wildman–Crippen LogP) is 2.03. The number of carbonyl (C=O) groups is 1. The van der Waals surface area contributed by atoms with Crippen molar-refractivity contribution < 1.29 is 9.53 Å². The minimum Gasteiger partial charge on any atom is -0.379 e. The van der Waals surface area contributed by atoms with E-state index in [1.165, 1.54) is 12.8 Å². The fourth-order valence-electron chi connectivity index (χ4n) is 4.47. The molecule has 3 fully saturated rings. The maximum Gasteiger partial charge on any atom is 0.222 e. The molecule has 0 saturated carbocycles. The number of carbonyl (C=O) groups excluding carboxylic acids is 1. The van der Waals surface area contributed by atoms with Crippen LogP contribution in [0.1, 0.15) is 33.1 Å². The lowest BCUT2D eigenvalue weighted by atomic mass is 9.85. The van der Waals surface area contributed by atoms with Crippen LogP contribution < -0.4 is 5.32 Å². The summed E-state index contributed by atoms with van der Waals surface area (Å²) in [5.41, 5.74) is 0. The molecule has 0 aromatic heterocycles. The minimum absolute atomic E-state index is 0. The van der Waals surface area contributed by atoms with E-state index in [4.69, 9.17) is 4.74 Å². The maximum absolute atomic E-state index is 12.7. The van der Waals surface area contributed by atoms with Gasteiger partial charge in [0, 0.05) is 38.6 Å². The molecule has 3 aliphatic rings. The number of amides is 1. The first-order chi connectivity index (χ1) is 11.1. The van der Waals surface area contributed by atoms with Crippen molar-refractivity contribution in [3.8, 4) is 0 Å². The zero-order valence-electron chi connectivity index (χ0n) is 15.6. The van der Waals surface area contributed by atoms with E-state index in [9.17, 15) is 4.79 Å². The van der Waals surface area contributed by atoms with E-state index in [-0.39, 0.29) is 24.8 Å². The van der Waals surface area contributed by atoms with Gasteiger partial charge < -0.3 is 15.0 Å². The van der Waals surface area contributed by atoms with E-state index in [0.717, 1.165) is 58.9 Å². The molecule has 0 aromatic carbocycles. The van der Waals surface area contributed by atoms with Crippen LogP contribution in [0.15, 0.2) is 0 Å². The second kappa shape index (κ2) is 10.9. The van der Waals surface area contributed by atoms with Crippen molar-refractivity contribution in [3.05, 3.63) is 0 Å². The topological polar surface area (TPSA) is 44.8 Å². The Morgan fingerprint density at radius 2 is 1.96 bits per heavy atom. The van der Waals surface area contributed by atoms with Gasteiger partial charge in [-0.05, 0) is 43.7 Å². The number of halogens is 2. The first-order valence-electron chi connectivity index (χ1n) is 9.45. The van der Waals surface area contributed by atoms with E-state index in [0.29, 0.717) is 29.7 Å². The molecule has 25 heavy (non-hydrogen) atoms. The number of nitrogens with one attached hydrogen (secondary N) is 1. The van der Waals surface area contributed by atoms with Gasteiger partial charge in [-0.1, -0.05) is 13.8 Å². The molecule has 0 radical (unpaired) electrons. The van der Waals surface area contributed by atoms with Crippen LogP contribution in [0.2, 0.25) is 0 Å². The molecule has 1 amide bonds. The summed E-state index contributed by atoms with van der Waals surface area (Å²) in [4.78, 5) is 17.4. The van der Waals surface area contributed by atoms with Crippen LogP contribution in [0.3, 0.4) is 0 Å². The minimum atomic E-state index is 0. The average molecular weight is 396 g/mol. The summed E-state index contributed by atoms with van der Waals surface area (Å²) in [6.07, 6.45) is 3.24. The Labute approximate surface area is 165 Å². The molecule has 3 aliphatic heterocycles. The third kappa shape index (κ3) is 5.96. The molecule has 0 bridgehead atoms. The monoisotopic (exact) mass is 395 g/mol. The molecule has 0 aromatic rings. The molecule has 4 unspecified atom stereocenters. The van der Waals surface area contributed by atoms with E-state index in [1.807, 2.05) is 0 Å². The first-order valence-corrected chi connectivity index (χ1v) is 9.45. The van der Waals surface area contributed by atoms with E-state index in [1.54, 1.807) is 0 Å². The summed E-state index contributed by atoms with van der Waals surface area (Å²) >= 11 is 0. The Morgan fingerprint density at radius 1 is 1.24 bits per heavy atom. The fourth-order valence-corrected chi connectivity index (χ4v) is 4.47. The largest absolute Gasteiger partial charge is 0.379 e. The lowest BCUT2D eigenvalue weighted by Gasteiger charge is -2.34. The van der Waals surface area contributed by atoms with Crippen LogP contribution in [-0.4, -0.2) is 74.2 Å². The predicted molar refractivity (Wildman–Crippen MR) is 106 cm³/mol. The number of piperidine rings is 1. The number of likely N-dealkylation sites (tertiary alicyclic amines) is 1. The van der Waals surface area contributed by atoms with Gasteiger partial charge in [-0.25, -0.2) is 0 Å². The zero-order valence-corrected chi connectivity index (χ0v) is 17.2. The third-order valence-corrected chi connectivity index (χ3v) is 6.08. The number of ether oxygens (including phenoxy) is 1. The summed E-state index contributed by atoms with van der Waals surface area (Å²) in [5.74, 6) is 2.10. The van der Waals surface area contributed by atoms with Gasteiger partial charge in [0.2, 0.25) is 5.91 Å². The van der Waals surface area contributed by atoms with E-state index >= 15 is 0 Å². The SMILES string of the molecule is CC(CC(=O)N1CC(C)C(N2CCOCC2)C1)C1CCCNC1.Cl.Cl. The normalized spacial score (nSPS) is 31.8. The van der Waals surface area contributed by atoms with Gasteiger partial charge >= 0.3 is 0 Å². The Kier molecular flexibility index (Phi) is 10.0. The van der Waals surface area contributed by atoms with Gasteiger partial charge in [0.25, 0.3) is 0 Å². The van der Waals surface area contributed by atoms with Gasteiger partial charge in [0.1, 0.15) is 0 Å². The van der Waals surface area contributed by atoms with Crippen molar-refractivity contribution in [3.63, 3.8) is 0 Å². The number of nitrogens with zero attached hydrogens (tertiary/aromatic N) is 2. The molecule has 0 aliphatic carbocycles. The fraction of sp³-hybridized carbons (Fsp3) is 0.944. The van der Waals surface area contributed by atoms with Gasteiger partial charge in [-0.3, -0.25) is 9.69 Å². The summed E-state index contributed by atoms with van der Waals surface area (Å²) in [5, 5.41) is 3.47. The molecule has 3 heterocycles. The molecule has 5 nitrogen and oxygen atoms in total. The highest BCUT2D eigenvalue weighted by molar-refractivity contribution is 5.85. The average Bonchev–Trinajstić information content (AvgIpc) is 2.98. The van der Waals surface area contributed by atoms with Crippen molar-refractivity contribution in [2.75, 3.05) is 52.5 Å². The molecular weight excluding hydrogens is 361 g/mol. The van der Waals surface area contributed by atoms with Gasteiger partial charge in [-0.2, -0.15) is 0 Å². The van der Waals surface area contributed by atoms with Gasteiger partial charge in [0.15, 0.2) is 0 Å². The smallest absolute Gasteiger partial charge is 0.222 e. The van der Waals surface area contributed by atoms with Crippen LogP contribution in [0, 0.1) is 17.8 Å². The maximum atomic E-state index is 12.7. The summed E-state index contributed by atoms with van der Waals surface area (Å²) in [6.45, 7) is 12.3. The first kappa shape index (κ1) is 23.0. The van der Waals surface area contributed by atoms with Crippen LogP contribution >= 0.6 is 24.8 Å². The highest BCUT2D eigenvalue weighted by atomic mass is 35.5. The highest BCUT2D eigenvalue weighted by Crippen LogP contribution is 2.27. The zero-order chi connectivity index (χ0) is 16.2. The number of rotatable bonds is 4. The molecule has 1 N–H and O–H groups in total. The molecule has 7 heteroatoms. The molecule has 148 valence electrons.